The van der Waals surface area contributed by atoms with E-state index >= 15 is 0 Å². The first-order chi connectivity index (χ1) is 9.31. The lowest BCUT2D eigenvalue weighted by molar-refractivity contribution is 0.0410. The second kappa shape index (κ2) is 5.36. The van der Waals surface area contributed by atoms with Crippen LogP contribution in [0, 0.1) is 11.6 Å². The number of likely N-dealkylation sites (N-methyl/N-ethyl adjacent to an activating group) is 1. The van der Waals surface area contributed by atoms with Crippen molar-refractivity contribution in [3.05, 3.63) is 29.3 Å². The molecule has 1 aromatic carbocycles. The lowest BCUT2D eigenvalue weighted by Crippen LogP contribution is -2.56. The fourth-order valence-corrected chi connectivity index (χ4v) is 2.51. The molecule has 1 heterocycles. The van der Waals surface area contributed by atoms with Gasteiger partial charge in [-0.25, -0.2) is 8.78 Å². The molecule has 2 atom stereocenters. The Kier molecular flexibility index (Phi) is 3.94. The van der Waals surface area contributed by atoms with Gasteiger partial charge in [0.15, 0.2) is 5.82 Å². The van der Waals surface area contributed by atoms with Crippen molar-refractivity contribution in [3.8, 4) is 0 Å². The number of carbonyl (C=O) groups is 1. The fourth-order valence-electron chi connectivity index (χ4n) is 2.51. The van der Waals surface area contributed by atoms with E-state index < -0.39 is 17.5 Å². The molecule has 1 aromatic rings. The van der Waals surface area contributed by atoms with Gasteiger partial charge in [0.2, 0.25) is 0 Å². The third-order valence-electron chi connectivity index (χ3n) is 3.94. The van der Waals surface area contributed by atoms with Crippen molar-refractivity contribution in [1.82, 2.24) is 9.80 Å². The number of nitrogens with two attached hydrogens (primary N) is 1. The van der Waals surface area contributed by atoms with Gasteiger partial charge in [0.25, 0.3) is 5.91 Å². The summed E-state index contributed by atoms with van der Waals surface area (Å²) in [6, 6.07) is 2.11. The van der Waals surface area contributed by atoms with Crippen LogP contribution in [0.15, 0.2) is 12.1 Å². The molecular weight excluding hydrogens is 264 g/mol. The van der Waals surface area contributed by atoms with Crippen LogP contribution in [-0.4, -0.2) is 47.9 Å². The molecule has 2 rings (SSSR count). The molecule has 110 valence electrons. The van der Waals surface area contributed by atoms with E-state index in [1.54, 1.807) is 4.90 Å². The fraction of sp³-hybridized carbons (Fsp3) is 0.500. The Morgan fingerprint density at radius 1 is 1.25 bits per heavy atom. The van der Waals surface area contributed by atoms with Gasteiger partial charge in [0, 0.05) is 25.2 Å². The molecule has 0 spiro atoms. The van der Waals surface area contributed by atoms with Crippen molar-refractivity contribution in [2.75, 3.05) is 25.9 Å². The second-order valence-electron chi connectivity index (χ2n) is 5.43. The molecule has 20 heavy (non-hydrogen) atoms. The summed E-state index contributed by atoms with van der Waals surface area (Å²) in [6.07, 6.45) is 0. The number of hydrogen-bond donors (Lipinski definition) is 1. The van der Waals surface area contributed by atoms with Crippen LogP contribution in [0.5, 0.6) is 0 Å². The normalized spacial score (nSPS) is 23.9. The largest absolute Gasteiger partial charge is 0.396 e. The summed E-state index contributed by atoms with van der Waals surface area (Å²) >= 11 is 0. The molecule has 1 saturated heterocycles. The number of carbonyl (C=O) groups excluding carboxylic acids is 1. The topological polar surface area (TPSA) is 49.6 Å². The third kappa shape index (κ3) is 2.60. The van der Waals surface area contributed by atoms with Crippen molar-refractivity contribution < 1.29 is 13.6 Å². The van der Waals surface area contributed by atoms with Crippen molar-refractivity contribution in [3.63, 3.8) is 0 Å². The molecule has 2 N–H and O–H groups in total. The van der Waals surface area contributed by atoms with Gasteiger partial charge in [-0.3, -0.25) is 9.69 Å². The number of nitrogens with zero attached hydrogens (tertiary/aromatic N) is 2. The highest BCUT2D eigenvalue weighted by atomic mass is 19.1. The summed E-state index contributed by atoms with van der Waals surface area (Å²) in [6.45, 7) is 4.95. The van der Waals surface area contributed by atoms with E-state index in [9.17, 15) is 13.6 Å². The van der Waals surface area contributed by atoms with Gasteiger partial charge in [-0.15, -0.1) is 0 Å². The minimum Gasteiger partial charge on any atom is -0.396 e. The first kappa shape index (κ1) is 14.7. The molecule has 4 nitrogen and oxygen atoms in total. The van der Waals surface area contributed by atoms with Crippen LogP contribution in [0.2, 0.25) is 0 Å². The zero-order chi connectivity index (χ0) is 15.0. The minimum absolute atomic E-state index is 0.164. The Labute approximate surface area is 117 Å². The van der Waals surface area contributed by atoms with Crippen molar-refractivity contribution in [2.24, 2.45) is 0 Å². The molecule has 0 aromatic heterocycles. The summed E-state index contributed by atoms with van der Waals surface area (Å²) in [5, 5.41) is 0. The predicted octanol–water partition coefficient (Wildman–Crippen LogP) is 1.71. The maximum Gasteiger partial charge on any atom is 0.257 e. The summed E-state index contributed by atoms with van der Waals surface area (Å²) in [5.41, 5.74) is 4.73. The van der Waals surface area contributed by atoms with Crippen LogP contribution in [0.1, 0.15) is 24.2 Å². The van der Waals surface area contributed by atoms with Gasteiger partial charge < -0.3 is 10.6 Å². The number of benzene rings is 1. The molecule has 1 aliphatic heterocycles. The number of amides is 1. The van der Waals surface area contributed by atoms with Crippen LogP contribution in [0.25, 0.3) is 0 Å². The van der Waals surface area contributed by atoms with E-state index in [2.05, 4.69) is 4.90 Å². The van der Waals surface area contributed by atoms with Crippen LogP contribution in [0.4, 0.5) is 14.5 Å². The summed E-state index contributed by atoms with van der Waals surface area (Å²) in [7, 11) is 1.98. The van der Waals surface area contributed by atoms with E-state index in [4.69, 9.17) is 5.73 Å². The van der Waals surface area contributed by atoms with E-state index in [0.29, 0.717) is 13.1 Å². The smallest absolute Gasteiger partial charge is 0.257 e. The molecule has 0 aliphatic carbocycles. The monoisotopic (exact) mass is 283 g/mol. The third-order valence-corrected chi connectivity index (χ3v) is 3.94. The van der Waals surface area contributed by atoms with E-state index in [0.717, 1.165) is 12.1 Å². The Morgan fingerprint density at radius 3 is 2.35 bits per heavy atom. The maximum absolute atomic E-state index is 13.9. The zero-order valence-corrected chi connectivity index (χ0v) is 11.9. The Morgan fingerprint density at radius 2 is 1.80 bits per heavy atom. The maximum atomic E-state index is 13.9. The van der Waals surface area contributed by atoms with E-state index in [1.807, 2.05) is 20.9 Å². The van der Waals surface area contributed by atoms with Gasteiger partial charge in [0.1, 0.15) is 5.82 Å². The molecule has 0 saturated carbocycles. The average molecular weight is 283 g/mol. The van der Waals surface area contributed by atoms with Gasteiger partial charge in [0.05, 0.1) is 11.3 Å². The highest BCUT2D eigenvalue weighted by Crippen LogP contribution is 2.21. The number of rotatable bonds is 1. The number of halogens is 2. The lowest BCUT2D eigenvalue weighted by atomic mass is 10.1. The first-order valence-electron chi connectivity index (χ1n) is 6.57. The van der Waals surface area contributed by atoms with E-state index in [1.165, 1.54) is 0 Å². The standard InChI is InChI=1S/C14H19F2N3O/c1-8-6-19(7-9(2)18(8)3)14(20)11-4-10(15)5-12(17)13(11)16/h4-5,8-9H,6-7,17H2,1-3H3. The minimum atomic E-state index is -0.851. The Bertz CT molecular complexity index is 523. The molecular formula is C14H19F2N3O. The summed E-state index contributed by atoms with van der Waals surface area (Å²) < 4.78 is 27.2. The summed E-state index contributed by atoms with van der Waals surface area (Å²) in [5.74, 6) is -2.07. The van der Waals surface area contributed by atoms with Crippen LogP contribution >= 0.6 is 0 Å². The predicted molar refractivity (Wildman–Crippen MR) is 73.4 cm³/mol. The van der Waals surface area contributed by atoms with Gasteiger partial charge in [-0.2, -0.15) is 0 Å². The highest BCUT2D eigenvalue weighted by molar-refractivity contribution is 5.95. The summed E-state index contributed by atoms with van der Waals surface area (Å²) in [4.78, 5) is 16.1. The SMILES string of the molecule is CC1CN(C(=O)c2cc(F)cc(N)c2F)CC(C)N1C. The van der Waals surface area contributed by atoms with Crippen LogP contribution in [-0.2, 0) is 0 Å². The molecule has 1 aliphatic rings. The zero-order valence-electron chi connectivity index (χ0n) is 11.9. The quantitative estimate of drug-likeness (QED) is 0.798. The van der Waals surface area contributed by atoms with Crippen molar-refractivity contribution in [1.29, 1.82) is 0 Å². The first-order valence-corrected chi connectivity index (χ1v) is 6.57. The molecule has 6 heteroatoms. The van der Waals surface area contributed by atoms with Gasteiger partial charge in [-0.05, 0) is 33.0 Å². The highest BCUT2D eigenvalue weighted by Gasteiger charge is 2.31. The van der Waals surface area contributed by atoms with Crippen molar-refractivity contribution in [2.45, 2.75) is 25.9 Å². The van der Waals surface area contributed by atoms with Crippen LogP contribution < -0.4 is 5.73 Å². The Hall–Kier alpha value is -1.69. The lowest BCUT2D eigenvalue weighted by Gasteiger charge is -2.42. The number of nitrogen functional groups attached to an aromatic ring is 1. The van der Waals surface area contributed by atoms with Gasteiger partial charge in [-0.1, -0.05) is 0 Å². The average Bonchev–Trinajstić information content (AvgIpc) is 2.38. The van der Waals surface area contributed by atoms with E-state index in [-0.39, 0.29) is 23.3 Å². The number of anilines is 1. The molecule has 1 fully saturated rings. The van der Waals surface area contributed by atoms with Crippen LogP contribution in [0.3, 0.4) is 0 Å². The molecule has 1 amide bonds. The number of piperazine rings is 1. The molecule has 0 radical (unpaired) electrons. The second-order valence-corrected chi connectivity index (χ2v) is 5.43. The number of hydrogen-bond acceptors (Lipinski definition) is 3. The molecule has 0 bridgehead atoms. The van der Waals surface area contributed by atoms with Crippen molar-refractivity contribution >= 4 is 11.6 Å². The van der Waals surface area contributed by atoms with Gasteiger partial charge >= 0.3 is 0 Å². The Balaban J connectivity index is 2.28. The molecule has 2 unspecified atom stereocenters.